The van der Waals surface area contributed by atoms with Crippen molar-refractivity contribution in [2.75, 3.05) is 24.3 Å². The van der Waals surface area contributed by atoms with Crippen LogP contribution in [0.5, 0.6) is 0 Å². The molecule has 1 N–H and O–H groups in total. The molecule has 124 valence electrons. The minimum atomic E-state index is -3.58. The second-order valence-electron chi connectivity index (χ2n) is 5.18. The molecule has 1 amide bonds. The summed E-state index contributed by atoms with van der Waals surface area (Å²) in [7, 11) is -2.03. The molecule has 1 aromatic carbocycles. The van der Waals surface area contributed by atoms with Gasteiger partial charge in [0.05, 0.1) is 18.6 Å². The lowest BCUT2D eigenvalue weighted by atomic mass is 10.1. The van der Waals surface area contributed by atoms with Crippen molar-refractivity contribution >= 4 is 21.6 Å². The van der Waals surface area contributed by atoms with Crippen molar-refractivity contribution in [3.63, 3.8) is 0 Å². The van der Waals surface area contributed by atoms with Crippen molar-refractivity contribution in [3.05, 3.63) is 30.3 Å². The molecule has 6 nitrogen and oxygen atoms in total. The van der Waals surface area contributed by atoms with Crippen LogP contribution in [-0.4, -0.2) is 46.4 Å². The third-order valence-corrected chi connectivity index (χ3v) is 4.33. The quantitative estimate of drug-likeness (QED) is 0.782. The minimum absolute atomic E-state index is 0.191. The smallest absolute Gasteiger partial charge is 0.244 e. The predicted octanol–water partition coefficient (Wildman–Crippen LogP) is 1.38. The van der Waals surface area contributed by atoms with E-state index < -0.39 is 16.1 Å². The summed E-state index contributed by atoms with van der Waals surface area (Å²) in [5.74, 6) is -0.332. The van der Waals surface area contributed by atoms with Gasteiger partial charge in [-0.2, -0.15) is 0 Å². The molecule has 0 saturated heterocycles. The van der Waals surface area contributed by atoms with Gasteiger partial charge < -0.3 is 10.1 Å². The van der Waals surface area contributed by atoms with Crippen LogP contribution < -0.4 is 9.62 Å². The first-order chi connectivity index (χ1) is 10.3. The molecule has 0 saturated carbocycles. The van der Waals surface area contributed by atoms with E-state index in [1.807, 2.05) is 0 Å². The number of methoxy groups -OCH3 is 1. The molecule has 0 heterocycles. The molecule has 0 fully saturated rings. The average molecular weight is 328 g/mol. The van der Waals surface area contributed by atoms with Crippen molar-refractivity contribution in [2.24, 2.45) is 0 Å². The van der Waals surface area contributed by atoms with E-state index in [9.17, 15) is 13.2 Å². The molecule has 1 rings (SSSR count). The average Bonchev–Trinajstić information content (AvgIpc) is 2.44. The molecule has 2 atom stereocenters. The Morgan fingerprint density at radius 1 is 1.32 bits per heavy atom. The Bertz CT molecular complexity index is 574. The number of benzene rings is 1. The second-order valence-corrected chi connectivity index (χ2v) is 7.04. The summed E-state index contributed by atoms with van der Waals surface area (Å²) in [4.78, 5) is 12.4. The number of ether oxygens (including phenoxy) is 1. The van der Waals surface area contributed by atoms with Gasteiger partial charge in [0.25, 0.3) is 0 Å². The van der Waals surface area contributed by atoms with E-state index >= 15 is 0 Å². The molecule has 0 aliphatic heterocycles. The fourth-order valence-electron chi connectivity index (χ4n) is 2.27. The molecule has 1 aromatic rings. The van der Waals surface area contributed by atoms with E-state index in [2.05, 4.69) is 5.32 Å². The summed E-state index contributed by atoms with van der Waals surface area (Å²) in [6.45, 7) is 3.96. The molecule has 2 unspecified atom stereocenters. The lowest BCUT2D eigenvalue weighted by Crippen LogP contribution is -2.51. The van der Waals surface area contributed by atoms with Gasteiger partial charge in [0, 0.05) is 13.2 Å². The molecular formula is C15H24N2O4S. The summed E-state index contributed by atoms with van der Waals surface area (Å²) in [6.07, 6.45) is 1.47. The Morgan fingerprint density at radius 3 is 2.36 bits per heavy atom. The first kappa shape index (κ1) is 18.4. The van der Waals surface area contributed by atoms with Crippen molar-refractivity contribution < 1.29 is 17.9 Å². The van der Waals surface area contributed by atoms with Gasteiger partial charge in [0.2, 0.25) is 15.9 Å². The molecule has 0 radical (unpaired) electrons. The highest BCUT2D eigenvalue weighted by atomic mass is 32.2. The summed E-state index contributed by atoms with van der Waals surface area (Å²) in [6, 6.07) is 7.65. The standard InChI is InChI=1S/C15H24N2O4S/c1-5-14(15(18)16-12(2)11-21-3)17(22(4,19)20)13-9-7-6-8-10-13/h6-10,12,14H,5,11H2,1-4H3,(H,16,18). The van der Waals surface area contributed by atoms with E-state index in [4.69, 9.17) is 4.74 Å². The minimum Gasteiger partial charge on any atom is -0.383 e. The number of nitrogens with one attached hydrogen (secondary N) is 1. The first-order valence-electron chi connectivity index (χ1n) is 7.15. The third kappa shape index (κ3) is 4.99. The van der Waals surface area contributed by atoms with Crippen molar-refractivity contribution in [1.29, 1.82) is 0 Å². The Hall–Kier alpha value is -1.60. The van der Waals surface area contributed by atoms with E-state index in [1.54, 1.807) is 51.3 Å². The van der Waals surface area contributed by atoms with E-state index in [0.29, 0.717) is 18.7 Å². The predicted molar refractivity (Wildman–Crippen MR) is 87.3 cm³/mol. The van der Waals surface area contributed by atoms with Crippen LogP contribution in [0.15, 0.2) is 30.3 Å². The Kier molecular flexibility index (Phi) is 6.83. The number of carbonyl (C=O) groups excluding carboxylic acids is 1. The van der Waals surface area contributed by atoms with E-state index in [1.165, 1.54) is 4.31 Å². The fraction of sp³-hybridized carbons (Fsp3) is 0.533. The zero-order valence-corrected chi connectivity index (χ0v) is 14.3. The number of hydrogen-bond donors (Lipinski definition) is 1. The van der Waals surface area contributed by atoms with Crippen molar-refractivity contribution in [2.45, 2.75) is 32.4 Å². The van der Waals surface area contributed by atoms with Gasteiger partial charge in [-0.15, -0.1) is 0 Å². The normalized spacial score (nSPS) is 14.2. The molecule has 0 aliphatic carbocycles. The van der Waals surface area contributed by atoms with Crippen molar-refractivity contribution in [1.82, 2.24) is 5.32 Å². The number of anilines is 1. The van der Waals surface area contributed by atoms with Crippen LogP contribution in [0.25, 0.3) is 0 Å². The Morgan fingerprint density at radius 2 is 1.91 bits per heavy atom. The first-order valence-corrected chi connectivity index (χ1v) is 8.99. The molecule has 0 aromatic heterocycles. The topological polar surface area (TPSA) is 75.7 Å². The van der Waals surface area contributed by atoms with Gasteiger partial charge in [0.1, 0.15) is 6.04 Å². The molecule has 22 heavy (non-hydrogen) atoms. The van der Waals surface area contributed by atoms with Crippen LogP contribution in [0, 0.1) is 0 Å². The number of amides is 1. The van der Waals surface area contributed by atoms with Crippen LogP contribution in [0.4, 0.5) is 5.69 Å². The second kappa shape index (κ2) is 8.14. The van der Waals surface area contributed by atoms with Gasteiger partial charge >= 0.3 is 0 Å². The Labute approximate surface area is 132 Å². The summed E-state index contributed by atoms with van der Waals surface area (Å²) >= 11 is 0. The number of para-hydroxylation sites is 1. The molecular weight excluding hydrogens is 304 g/mol. The van der Waals surface area contributed by atoms with E-state index in [-0.39, 0.29) is 11.9 Å². The number of sulfonamides is 1. The van der Waals surface area contributed by atoms with Gasteiger partial charge in [-0.3, -0.25) is 9.10 Å². The molecule has 7 heteroatoms. The van der Waals surface area contributed by atoms with Gasteiger partial charge in [-0.05, 0) is 25.5 Å². The number of rotatable bonds is 8. The lowest BCUT2D eigenvalue weighted by Gasteiger charge is -2.30. The van der Waals surface area contributed by atoms with Gasteiger partial charge in [-0.25, -0.2) is 8.42 Å². The monoisotopic (exact) mass is 328 g/mol. The zero-order chi connectivity index (χ0) is 16.8. The van der Waals surface area contributed by atoms with Gasteiger partial charge in [-0.1, -0.05) is 25.1 Å². The van der Waals surface area contributed by atoms with Crippen LogP contribution in [0.1, 0.15) is 20.3 Å². The third-order valence-electron chi connectivity index (χ3n) is 3.15. The summed E-state index contributed by atoms with van der Waals surface area (Å²) in [5.41, 5.74) is 0.478. The Balaban J connectivity index is 3.08. The molecule has 0 bridgehead atoms. The number of nitrogens with zero attached hydrogens (tertiary/aromatic N) is 1. The van der Waals surface area contributed by atoms with Crippen LogP contribution in [0.2, 0.25) is 0 Å². The number of carbonyl (C=O) groups is 1. The largest absolute Gasteiger partial charge is 0.383 e. The van der Waals surface area contributed by atoms with Crippen molar-refractivity contribution in [3.8, 4) is 0 Å². The summed E-state index contributed by atoms with van der Waals surface area (Å²) < 4.78 is 30.5. The maximum absolute atomic E-state index is 12.4. The highest BCUT2D eigenvalue weighted by Crippen LogP contribution is 2.22. The maximum Gasteiger partial charge on any atom is 0.244 e. The van der Waals surface area contributed by atoms with Gasteiger partial charge in [0.15, 0.2) is 0 Å². The fourth-order valence-corrected chi connectivity index (χ4v) is 3.48. The zero-order valence-electron chi connectivity index (χ0n) is 13.4. The summed E-state index contributed by atoms with van der Waals surface area (Å²) in [5, 5.41) is 2.78. The van der Waals surface area contributed by atoms with Crippen LogP contribution in [-0.2, 0) is 19.6 Å². The maximum atomic E-state index is 12.4. The van der Waals surface area contributed by atoms with Crippen LogP contribution in [0.3, 0.4) is 0 Å². The lowest BCUT2D eigenvalue weighted by molar-refractivity contribution is -0.123. The molecule has 0 spiro atoms. The highest BCUT2D eigenvalue weighted by molar-refractivity contribution is 7.92. The SMILES string of the molecule is CCC(C(=O)NC(C)COC)N(c1ccccc1)S(C)(=O)=O. The van der Waals surface area contributed by atoms with Crippen LogP contribution >= 0.6 is 0 Å². The highest BCUT2D eigenvalue weighted by Gasteiger charge is 2.31. The molecule has 0 aliphatic rings. The number of hydrogen-bond acceptors (Lipinski definition) is 4. The van der Waals surface area contributed by atoms with E-state index in [0.717, 1.165) is 6.26 Å².